The van der Waals surface area contributed by atoms with Crippen molar-refractivity contribution in [3.05, 3.63) is 59.7 Å². The maximum Gasteiger partial charge on any atom is 0.261 e. The quantitative estimate of drug-likeness (QED) is 0.296. The van der Waals surface area contributed by atoms with E-state index < -0.39 is 0 Å². The van der Waals surface area contributed by atoms with Crippen LogP contribution in [0.3, 0.4) is 0 Å². The summed E-state index contributed by atoms with van der Waals surface area (Å²) in [5.74, 6) is -0.0527. The molecule has 2 amide bonds. The monoisotopic (exact) mass is 486 g/mol. The number of amides is 2. The van der Waals surface area contributed by atoms with Crippen LogP contribution >= 0.6 is 12.2 Å². The molecule has 3 N–H and O–H groups in total. The van der Waals surface area contributed by atoms with E-state index in [4.69, 9.17) is 21.7 Å². The molecule has 0 radical (unpaired) electrons. The minimum atomic E-state index is -0.381. The van der Waals surface area contributed by atoms with Crippen LogP contribution in [0, 0.1) is 0 Å². The van der Waals surface area contributed by atoms with Gasteiger partial charge in [-0.2, -0.15) is 0 Å². The molecule has 2 aromatic carbocycles. The highest BCUT2D eigenvalue weighted by atomic mass is 32.1. The van der Waals surface area contributed by atoms with E-state index in [0.29, 0.717) is 48.9 Å². The first kappa shape index (κ1) is 27.2. The molecular weight excluding hydrogens is 452 g/mol. The minimum absolute atomic E-state index is 0.129. The molecule has 0 saturated carbocycles. The molecule has 0 saturated heterocycles. The molecule has 9 heteroatoms. The first-order valence-corrected chi connectivity index (χ1v) is 11.9. The van der Waals surface area contributed by atoms with Gasteiger partial charge in [-0.3, -0.25) is 14.9 Å². The van der Waals surface area contributed by atoms with E-state index in [1.54, 1.807) is 48.5 Å². The van der Waals surface area contributed by atoms with Crippen molar-refractivity contribution in [2.45, 2.75) is 20.8 Å². The molecule has 2 aromatic rings. The molecule has 0 unspecified atom stereocenters. The number of ether oxygens (including phenoxy) is 2. The van der Waals surface area contributed by atoms with E-state index in [1.165, 1.54) is 0 Å². The summed E-state index contributed by atoms with van der Waals surface area (Å²) < 4.78 is 10.9. The number of benzene rings is 2. The van der Waals surface area contributed by atoms with Gasteiger partial charge in [0, 0.05) is 30.9 Å². The van der Waals surface area contributed by atoms with Gasteiger partial charge in [-0.25, -0.2) is 0 Å². The van der Waals surface area contributed by atoms with Gasteiger partial charge in [0.2, 0.25) is 0 Å². The summed E-state index contributed by atoms with van der Waals surface area (Å²) in [4.78, 5) is 27.3. The number of nitrogens with zero attached hydrogens (tertiary/aromatic N) is 1. The van der Waals surface area contributed by atoms with Gasteiger partial charge in [0.25, 0.3) is 11.8 Å². The highest BCUT2D eigenvalue weighted by Crippen LogP contribution is 2.18. The second-order valence-electron chi connectivity index (χ2n) is 7.31. The minimum Gasteiger partial charge on any atom is -0.490 e. The van der Waals surface area contributed by atoms with Crippen LogP contribution in [0.4, 0.5) is 5.69 Å². The third kappa shape index (κ3) is 9.09. The fourth-order valence-electron chi connectivity index (χ4n) is 3.14. The number of anilines is 1. The van der Waals surface area contributed by atoms with Crippen LogP contribution in [0.2, 0.25) is 0 Å². The summed E-state index contributed by atoms with van der Waals surface area (Å²) in [5, 5.41) is 8.69. The Morgan fingerprint density at radius 2 is 1.65 bits per heavy atom. The van der Waals surface area contributed by atoms with Gasteiger partial charge in [0.1, 0.15) is 12.4 Å². The summed E-state index contributed by atoms with van der Waals surface area (Å²) >= 11 is 5.28. The summed E-state index contributed by atoms with van der Waals surface area (Å²) in [6, 6.07) is 13.8. The van der Waals surface area contributed by atoms with Gasteiger partial charge in [0.05, 0.1) is 12.2 Å². The highest BCUT2D eigenvalue weighted by molar-refractivity contribution is 7.80. The van der Waals surface area contributed by atoms with E-state index in [9.17, 15) is 9.59 Å². The third-order valence-electron chi connectivity index (χ3n) is 5.06. The van der Waals surface area contributed by atoms with Crippen LogP contribution in [0.25, 0.3) is 0 Å². The molecule has 0 aliphatic rings. The summed E-state index contributed by atoms with van der Waals surface area (Å²) in [6.45, 7) is 10.8. The number of hydrogen-bond acceptors (Lipinski definition) is 6. The Balaban J connectivity index is 1.86. The van der Waals surface area contributed by atoms with Crippen molar-refractivity contribution in [3.63, 3.8) is 0 Å². The number of nitrogens with one attached hydrogen (secondary N) is 3. The SMILES string of the molecule is CCOCCOc1ccccc1C(=O)NC(=S)Nc1ccc(C(=O)NCCN(CC)CC)cc1. The molecule has 0 heterocycles. The van der Waals surface area contributed by atoms with E-state index in [2.05, 4.69) is 34.7 Å². The Morgan fingerprint density at radius 1 is 0.941 bits per heavy atom. The zero-order valence-electron chi connectivity index (χ0n) is 20.1. The van der Waals surface area contributed by atoms with Crippen LogP contribution < -0.4 is 20.7 Å². The van der Waals surface area contributed by atoms with Crippen LogP contribution in [-0.2, 0) is 4.74 Å². The highest BCUT2D eigenvalue weighted by Gasteiger charge is 2.14. The topological polar surface area (TPSA) is 91.9 Å². The van der Waals surface area contributed by atoms with Crippen molar-refractivity contribution < 1.29 is 19.1 Å². The predicted molar refractivity (Wildman–Crippen MR) is 139 cm³/mol. The number of para-hydroxylation sites is 1. The molecule has 34 heavy (non-hydrogen) atoms. The third-order valence-corrected chi connectivity index (χ3v) is 5.27. The summed E-state index contributed by atoms with van der Waals surface area (Å²) in [5.41, 5.74) is 1.59. The van der Waals surface area contributed by atoms with Gasteiger partial charge in [0.15, 0.2) is 5.11 Å². The Morgan fingerprint density at radius 3 is 2.32 bits per heavy atom. The normalized spacial score (nSPS) is 10.6. The molecule has 184 valence electrons. The average Bonchev–Trinajstić information content (AvgIpc) is 2.85. The molecule has 0 atom stereocenters. The van der Waals surface area contributed by atoms with Crippen LogP contribution in [0.1, 0.15) is 41.5 Å². The van der Waals surface area contributed by atoms with Gasteiger partial charge in [-0.15, -0.1) is 0 Å². The van der Waals surface area contributed by atoms with Crippen molar-refractivity contribution >= 4 is 34.8 Å². The van der Waals surface area contributed by atoms with Gasteiger partial charge < -0.3 is 25.0 Å². The molecule has 0 spiro atoms. The van der Waals surface area contributed by atoms with Crippen molar-refractivity contribution in [3.8, 4) is 5.75 Å². The lowest BCUT2D eigenvalue weighted by atomic mass is 10.2. The lowest BCUT2D eigenvalue weighted by Gasteiger charge is -2.18. The maximum atomic E-state index is 12.7. The standard InChI is InChI=1S/C25H34N4O4S/c1-4-29(5-2)16-15-26-23(30)19-11-13-20(14-12-19)27-25(34)28-24(31)21-9-7-8-10-22(21)33-18-17-32-6-3/h7-14H,4-6,15-18H2,1-3H3,(H,26,30)(H2,27,28,31,34). The Bertz CT molecular complexity index is 933. The zero-order chi connectivity index (χ0) is 24.8. The Hall–Kier alpha value is -3.01. The zero-order valence-corrected chi connectivity index (χ0v) is 20.9. The lowest BCUT2D eigenvalue weighted by Crippen LogP contribution is -2.35. The predicted octanol–water partition coefficient (Wildman–Crippen LogP) is 3.30. The molecule has 0 aromatic heterocycles. The summed E-state index contributed by atoms with van der Waals surface area (Å²) in [7, 11) is 0. The molecule has 8 nitrogen and oxygen atoms in total. The first-order valence-electron chi connectivity index (χ1n) is 11.5. The fraction of sp³-hybridized carbons (Fsp3) is 0.400. The number of hydrogen-bond donors (Lipinski definition) is 3. The molecule has 2 rings (SSSR count). The average molecular weight is 487 g/mol. The molecule has 0 aliphatic carbocycles. The van der Waals surface area contributed by atoms with Gasteiger partial charge in [-0.1, -0.05) is 26.0 Å². The van der Waals surface area contributed by atoms with E-state index in [0.717, 1.165) is 19.6 Å². The number of rotatable bonds is 13. The van der Waals surface area contributed by atoms with E-state index >= 15 is 0 Å². The largest absolute Gasteiger partial charge is 0.490 e. The summed E-state index contributed by atoms with van der Waals surface area (Å²) in [6.07, 6.45) is 0. The van der Waals surface area contributed by atoms with Crippen LogP contribution in [0.15, 0.2) is 48.5 Å². The molecule has 0 fully saturated rings. The van der Waals surface area contributed by atoms with Crippen molar-refractivity contribution in [1.29, 1.82) is 0 Å². The second-order valence-corrected chi connectivity index (χ2v) is 7.72. The van der Waals surface area contributed by atoms with Crippen molar-refractivity contribution in [2.24, 2.45) is 0 Å². The maximum absolute atomic E-state index is 12.7. The molecular formula is C25H34N4O4S. The fourth-order valence-corrected chi connectivity index (χ4v) is 3.35. The smallest absolute Gasteiger partial charge is 0.261 e. The Labute approximate surface area is 207 Å². The van der Waals surface area contributed by atoms with Gasteiger partial charge >= 0.3 is 0 Å². The molecule has 0 bridgehead atoms. The van der Waals surface area contributed by atoms with Crippen LogP contribution in [0.5, 0.6) is 5.75 Å². The first-order chi connectivity index (χ1) is 16.5. The number of carbonyl (C=O) groups is 2. The molecule has 0 aliphatic heterocycles. The van der Waals surface area contributed by atoms with Crippen molar-refractivity contribution in [1.82, 2.24) is 15.5 Å². The number of carbonyl (C=O) groups excluding carboxylic acids is 2. The van der Waals surface area contributed by atoms with Crippen LogP contribution in [-0.4, -0.2) is 67.8 Å². The second kappa shape index (κ2) is 15.0. The Kier molecular flexibility index (Phi) is 12.0. The number of likely N-dealkylation sites (N-methyl/N-ethyl adjacent to an activating group) is 1. The van der Waals surface area contributed by atoms with Crippen molar-refractivity contribution in [2.75, 3.05) is 51.3 Å². The van der Waals surface area contributed by atoms with Gasteiger partial charge in [-0.05, 0) is 68.6 Å². The number of thiocarbonyl (C=S) groups is 1. The van der Waals surface area contributed by atoms with E-state index in [-0.39, 0.29) is 16.9 Å². The van der Waals surface area contributed by atoms with E-state index in [1.807, 2.05) is 6.92 Å². The lowest BCUT2D eigenvalue weighted by molar-refractivity contribution is 0.0945.